The van der Waals surface area contributed by atoms with E-state index in [4.69, 9.17) is 9.84 Å². The highest BCUT2D eigenvalue weighted by atomic mass is 16.7. The molecule has 0 bridgehead atoms. The number of carbonyl (C=O) groups excluding carboxylic acids is 1. The molecule has 0 aliphatic carbocycles. The molecule has 6 heteroatoms. The van der Waals surface area contributed by atoms with Crippen molar-refractivity contribution in [2.75, 3.05) is 0 Å². The normalized spacial score (nSPS) is 23.8. The van der Waals surface area contributed by atoms with Gasteiger partial charge in [-0.3, -0.25) is 4.79 Å². The molecule has 0 unspecified atom stereocenters. The molecule has 2 aliphatic heterocycles. The Bertz CT molecular complexity index is 393. The van der Waals surface area contributed by atoms with Gasteiger partial charge in [-0.2, -0.15) is 0 Å². The summed E-state index contributed by atoms with van der Waals surface area (Å²) in [6, 6.07) is 0. The van der Waals surface area contributed by atoms with E-state index in [1.54, 1.807) is 0 Å². The Morgan fingerprint density at radius 1 is 1.56 bits per heavy atom. The molecule has 6 nitrogen and oxygen atoms in total. The Balaban J connectivity index is 2.35. The second-order valence-corrected chi connectivity index (χ2v) is 4.79. The van der Waals surface area contributed by atoms with Crippen LogP contribution in [0.3, 0.4) is 0 Å². The summed E-state index contributed by atoms with van der Waals surface area (Å²) in [6.07, 6.45) is -1.57. The number of rotatable bonds is 1. The molecular formula is C10H13NO5. The Morgan fingerprint density at radius 2 is 2.19 bits per heavy atom. The predicted molar refractivity (Wildman–Crippen MR) is 51.9 cm³/mol. The summed E-state index contributed by atoms with van der Waals surface area (Å²) in [6.45, 7) is 5.59. The van der Waals surface area contributed by atoms with E-state index >= 15 is 0 Å². The maximum Gasteiger partial charge on any atom is 0.512 e. The smallest absolute Gasteiger partial charge is 0.468 e. The number of hydrogen-bond acceptors (Lipinski definition) is 4. The maximum atomic E-state index is 11.3. The van der Waals surface area contributed by atoms with Crippen LogP contribution in [0.2, 0.25) is 0 Å². The molecule has 0 radical (unpaired) electrons. The fraction of sp³-hybridized carbons (Fsp3) is 0.600. The lowest BCUT2D eigenvalue weighted by atomic mass is 9.94. The van der Waals surface area contributed by atoms with Gasteiger partial charge in [-0.25, -0.2) is 9.69 Å². The van der Waals surface area contributed by atoms with E-state index in [1.807, 2.05) is 20.8 Å². The summed E-state index contributed by atoms with van der Waals surface area (Å²) >= 11 is 0. The quantitative estimate of drug-likeness (QED) is 0.542. The van der Waals surface area contributed by atoms with Crippen LogP contribution in [0.1, 0.15) is 27.2 Å². The van der Waals surface area contributed by atoms with Crippen molar-refractivity contribution in [2.45, 2.75) is 33.4 Å². The van der Waals surface area contributed by atoms with E-state index in [9.17, 15) is 9.59 Å². The molecule has 2 rings (SSSR count). The highest BCUT2D eigenvalue weighted by Crippen LogP contribution is 2.43. The molecule has 88 valence electrons. The van der Waals surface area contributed by atoms with Crippen molar-refractivity contribution >= 4 is 12.1 Å². The van der Waals surface area contributed by atoms with Gasteiger partial charge in [0.05, 0.1) is 6.42 Å². The fourth-order valence-electron chi connectivity index (χ4n) is 1.70. The molecule has 1 fully saturated rings. The number of carboxylic acid groups (broad SMARTS) is 1. The first-order valence-electron chi connectivity index (χ1n) is 4.95. The summed E-state index contributed by atoms with van der Waals surface area (Å²) in [5, 5.41) is 8.62. The monoisotopic (exact) mass is 227 g/mol. The van der Waals surface area contributed by atoms with Crippen LogP contribution in [-0.4, -0.2) is 28.3 Å². The third kappa shape index (κ3) is 1.50. The van der Waals surface area contributed by atoms with Crippen molar-refractivity contribution in [3.63, 3.8) is 0 Å². The summed E-state index contributed by atoms with van der Waals surface area (Å²) in [7, 11) is 0. The van der Waals surface area contributed by atoms with E-state index in [0.717, 1.165) is 0 Å². The Morgan fingerprint density at radius 3 is 2.62 bits per heavy atom. The molecule has 0 aromatic heterocycles. The first-order valence-corrected chi connectivity index (χ1v) is 4.95. The average molecular weight is 227 g/mol. The Labute approximate surface area is 92.4 Å². The van der Waals surface area contributed by atoms with Crippen molar-refractivity contribution in [3.05, 3.63) is 11.6 Å². The maximum absolute atomic E-state index is 11.3. The number of fused-ring (bicyclic) bond motifs is 1. The second kappa shape index (κ2) is 3.13. The molecule has 1 saturated heterocycles. The molecular weight excluding hydrogens is 214 g/mol. The summed E-state index contributed by atoms with van der Waals surface area (Å²) in [4.78, 5) is 23.1. The highest BCUT2D eigenvalue weighted by Gasteiger charge is 2.51. The second-order valence-electron chi connectivity index (χ2n) is 4.79. The number of β-lactam (4-membered cyclic amide) rings is 1. The molecule has 1 amide bonds. The molecule has 0 aromatic carbocycles. The Kier molecular flexibility index (Phi) is 2.11. The lowest BCUT2D eigenvalue weighted by molar-refractivity contribution is -0.158. The van der Waals surface area contributed by atoms with Gasteiger partial charge in [0.1, 0.15) is 0 Å². The number of allylic oxidation sites excluding steroid dienone is 1. The van der Waals surface area contributed by atoms with Crippen LogP contribution in [0.5, 0.6) is 0 Å². The number of carbonyl (C=O) groups is 2. The van der Waals surface area contributed by atoms with Gasteiger partial charge in [0.15, 0.2) is 12.0 Å². The summed E-state index contributed by atoms with van der Waals surface area (Å²) in [5.41, 5.74) is -0.400. The third-order valence-corrected chi connectivity index (χ3v) is 2.44. The minimum absolute atomic E-state index is 0.0150. The number of ether oxygens (including phenoxy) is 2. The molecule has 2 heterocycles. The minimum atomic E-state index is -1.44. The lowest BCUT2D eigenvalue weighted by Gasteiger charge is -2.32. The number of hydrogen-bond donors (Lipinski definition) is 1. The molecule has 2 aliphatic rings. The van der Waals surface area contributed by atoms with Crippen LogP contribution >= 0.6 is 0 Å². The lowest BCUT2D eigenvalue weighted by Crippen LogP contribution is -2.49. The largest absolute Gasteiger partial charge is 0.512 e. The van der Waals surface area contributed by atoms with Crippen LogP contribution in [0, 0.1) is 5.41 Å². The zero-order valence-electron chi connectivity index (χ0n) is 9.31. The standard InChI is InChI=1S/C10H13NO5/c1-10(2,3)7-8(16-9(13)14)11-5(12)4-6(11)15-7/h6H,4H2,1-3H3,(H,13,14)/t6-/m0/s1. The third-order valence-electron chi connectivity index (χ3n) is 2.44. The van der Waals surface area contributed by atoms with Gasteiger partial charge in [-0.1, -0.05) is 20.8 Å². The first-order chi connectivity index (χ1) is 7.30. The van der Waals surface area contributed by atoms with Crippen molar-refractivity contribution in [2.24, 2.45) is 5.41 Å². The van der Waals surface area contributed by atoms with Gasteiger partial charge in [-0.05, 0) is 0 Å². The van der Waals surface area contributed by atoms with Crippen LogP contribution in [0.15, 0.2) is 11.6 Å². The van der Waals surface area contributed by atoms with E-state index < -0.39 is 17.8 Å². The summed E-state index contributed by atoms with van der Waals surface area (Å²) < 4.78 is 10.1. The van der Waals surface area contributed by atoms with Gasteiger partial charge >= 0.3 is 6.16 Å². The van der Waals surface area contributed by atoms with Gasteiger partial charge in [0, 0.05) is 5.41 Å². The highest BCUT2D eigenvalue weighted by molar-refractivity contribution is 5.85. The van der Waals surface area contributed by atoms with Gasteiger partial charge in [0.25, 0.3) is 5.88 Å². The molecule has 1 N–H and O–H groups in total. The van der Waals surface area contributed by atoms with Crippen LogP contribution in [0.25, 0.3) is 0 Å². The molecule has 0 aromatic rings. The predicted octanol–water partition coefficient (Wildman–Crippen LogP) is 1.48. The fourth-order valence-corrected chi connectivity index (χ4v) is 1.70. The van der Waals surface area contributed by atoms with Crippen molar-refractivity contribution in [1.29, 1.82) is 0 Å². The van der Waals surface area contributed by atoms with Crippen LogP contribution < -0.4 is 0 Å². The summed E-state index contributed by atoms with van der Waals surface area (Å²) in [5.74, 6) is 0.243. The van der Waals surface area contributed by atoms with Crippen LogP contribution in [0.4, 0.5) is 4.79 Å². The molecule has 0 spiro atoms. The average Bonchev–Trinajstić information content (AvgIpc) is 2.34. The number of amides is 1. The van der Waals surface area contributed by atoms with Crippen molar-refractivity contribution in [1.82, 2.24) is 4.90 Å². The molecule has 1 atom stereocenters. The van der Waals surface area contributed by atoms with E-state index in [0.29, 0.717) is 5.76 Å². The van der Waals surface area contributed by atoms with Gasteiger partial charge < -0.3 is 14.6 Å². The zero-order chi connectivity index (χ0) is 12.1. The number of nitrogens with zero attached hydrogens (tertiary/aromatic N) is 1. The van der Waals surface area contributed by atoms with Crippen molar-refractivity contribution < 1.29 is 24.2 Å². The molecule has 0 saturated carbocycles. The van der Waals surface area contributed by atoms with E-state index in [-0.39, 0.29) is 18.2 Å². The van der Waals surface area contributed by atoms with Gasteiger partial charge in [-0.15, -0.1) is 0 Å². The van der Waals surface area contributed by atoms with E-state index in [1.165, 1.54) is 4.90 Å². The molecule has 16 heavy (non-hydrogen) atoms. The SMILES string of the molecule is CC(C)(C)C1=C(OC(=O)O)N2C(=O)C[C@@H]2O1. The minimum Gasteiger partial charge on any atom is -0.468 e. The first kappa shape index (κ1) is 10.8. The van der Waals surface area contributed by atoms with E-state index in [2.05, 4.69) is 4.74 Å². The van der Waals surface area contributed by atoms with Crippen molar-refractivity contribution in [3.8, 4) is 0 Å². The topological polar surface area (TPSA) is 76.1 Å². The Hall–Kier alpha value is -1.72. The van der Waals surface area contributed by atoms with Crippen LogP contribution in [-0.2, 0) is 14.3 Å². The zero-order valence-corrected chi connectivity index (χ0v) is 9.31. The van der Waals surface area contributed by atoms with Gasteiger partial charge in [0.2, 0.25) is 5.91 Å².